The molecule has 0 atom stereocenters. The standard InChI is InChI=1S/C10H8FNO/c11-8-1-3-9(4-2-8)13-10-5-6-12-7-10/h1-7,12H. The number of hydrogen-bond donors (Lipinski definition) is 1. The van der Waals surface area contributed by atoms with Crippen LogP contribution in [0.5, 0.6) is 11.5 Å². The lowest BCUT2D eigenvalue weighted by Crippen LogP contribution is -1.81. The van der Waals surface area contributed by atoms with Crippen LogP contribution in [0.2, 0.25) is 0 Å². The largest absolute Gasteiger partial charge is 0.456 e. The molecule has 0 saturated heterocycles. The van der Waals surface area contributed by atoms with Gasteiger partial charge < -0.3 is 9.72 Å². The molecule has 1 aromatic heterocycles. The Hall–Kier alpha value is -1.77. The van der Waals surface area contributed by atoms with E-state index in [4.69, 9.17) is 4.74 Å². The molecule has 0 unspecified atom stereocenters. The Morgan fingerprint density at radius 3 is 2.38 bits per heavy atom. The number of rotatable bonds is 2. The number of H-pyrrole nitrogens is 1. The van der Waals surface area contributed by atoms with Crippen LogP contribution >= 0.6 is 0 Å². The van der Waals surface area contributed by atoms with Crippen molar-refractivity contribution in [3.05, 3.63) is 48.5 Å². The monoisotopic (exact) mass is 177 g/mol. The second-order valence-corrected chi connectivity index (χ2v) is 2.60. The summed E-state index contributed by atoms with van der Waals surface area (Å²) in [6.07, 6.45) is 3.49. The van der Waals surface area contributed by atoms with Gasteiger partial charge in [-0.3, -0.25) is 0 Å². The van der Waals surface area contributed by atoms with Crippen molar-refractivity contribution in [3.8, 4) is 11.5 Å². The average molecular weight is 177 g/mol. The first-order chi connectivity index (χ1) is 6.34. The van der Waals surface area contributed by atoms with Crippen molar-refractivity contribution < 1.29 is 9.13 Å². The molecule has 0 radical (unpaired) electrons. The Labute approximate surface area is 75.0 Å². The van der Waals surface area contributed by atoms with E-state index in [-0.39, 0.29) is 5.82 Å². The lowest BCUT2D eigenvalue weighted by atomic mass is 10.3. The molecular weight excluding hydrogens is 169 g/mol. The van der Waals surface area contributed by atoms with Gasteiger partial charge in [-0.25, -0.2) is 4.39 Å². The summed E-state index contributed by atoms with van der Waals surface area (Å²) in [6.45, 7) is 0. The molecule has 0 bridgehead atoms. The van der Waals surface area contributed by atoms with Crippen LogP contribution in [0.3, 0.4) is 0 Å². The van der Waals surface area contributed by atoms with Crippen molar-refractivity contribution in [2.75, 3.05) is 0 Å². The number of ether oxygens (including phenoxy) is 1. The van der Waals surface area contributed by atoms with Gasteiger partial charge in [0.1, 0.15) is 17.3 Å². The number of aromatic amines is 1. The molecule has 0 aliphatic heterocycles. The molecule has 0 aliphatic carbocycles. The molecule has 1 N–H and O–H groups in total. The topological polar surface area (TPSA) is 25.0 Å². The van der Waals surface area contributed by atoms with Gasteiger partial charge in [0.05, 0.1) is 0 Å². The van der Waals surface area contributed by atoms with Gasteiger partial charge >= 0.3 is 0 Å². The van der Waals surface area contributed by atoms with Crippen LogP contribution in [0, 0.1) is 5.82 Å². The van der Waals surface area contributed by atoms with Crippen LogP contribution in [0.4, 0.5) is 4.39 Å². The van der Waals surface area contributed by atoms with Crippen molar-refractivity contribution in [1.82, 2.24) is 4.98 Å². The molecule has 0 saturated carbocycles. The molecule has 0 amide bonds. The summed E-state index contributed by atoms with van der Waals surface area (Å²) in [6, 6.07) is 7.69. The molecule has 0 fully saturated rings. The Balaban J connectivity index is 2.15. The SMILES string of the molecule is Fc1ccc(Oc2cc[nH]c2)cc1. The molecule has 0 spiro atoms. The lowest BCUT2D eigenvalue weighted by molar-refractivity contribution is 0.481. The molecule has 1 aromatic carbocycles. The summed E-state index contributed by atoms with van der Waals surface area (Å²) < 4.78 is 17.9. The highest BCUT2D eigenvalue weighted by molar-refractivity contribution is 5.29. The van der Waals surface area contributed by atoms with Gasteiger partial charge in [0.15, 0.2) is 0 Å². The maximum Gasteiger partial charge on any atom is 0.144 e. The number of aromatic nitrogens is 1. The minimum absolute atomic E-state index is 0.263. The van der Waals surface area contributed by atoms with Crippen LogP contribution in [0.25, 0.3) is 0 Å². The number of benzene rings is 1. The van der Waals surface area contributed by atoms with Gasteiger partial charge in [-0.05, 0) is 30.3 Å². The van der Waals surface area contributed by atoms with Crippen molar-refractivity contribution in [3.63, 3.8) is 0 Å². The van der Waals surface area contributed by atoms with E-state index in [2.05, 4.69) is 4.98 Å². The highest BCUT2D eigenvalue weighted by Gasteiger charge is 1.96. The molecule has 0 aliphatic rings. The first kappa shape index (κ1) is 7.86. The Kier molecular flexibility index (Phi) is 2.00. The van der Waals surface area contributed by atoms with Gasteiger partial charge in [0.25, 0.3) is 0 Å². The third-order valence-corrected chi connectivity index (χ3v) is 1.62. The summed E-state index contributed by atoms with van der Waals surface area (Å²) in [5.74, 6) is 1.08. The average Bonchev–Trinajstić information content (AvgIpc) is 2.62. The van der Waals surface area contributed by atoms with E-state index in [1.54, 1.807) is 30.6 Å². The summed E-state index contributed by atoms with van der Waals surface area (Å²) in [5, 5.41) is 0. The third kappa shape index (κ3) is 1.87. The van der Waals surface area contributed by atoms with E-state index in [9.17, 15) is 4.39 Å². The minimum atomic E-state index is -0.263. The van der Waals surface area contributed by atoms with Crippen molar-refractivity contribution in [2.45, 2.75) is 0 Å². The quantitative estimate of drug-likeness (QED) is 0.749. The zero-order valence-corrected chi connectivity index (χ0v) is 6.83. The number of hydrogen-bond acceptors (Lipinski definition) is 1. The maximum absolute atomic E-state index is 12.5. The summed E-state index contributed by atoms with van der Waals surface area (Å²) in [4.78, 5) is 2.86. The van der Waals surface area contributed by atoms with Crippen molar-refractivity contribution in [1.29, 1.82) is 0 Å². The predicted octanol–water partition coefficient (Wildman–Crippen LogP) is 2.95. The zero-order chi connectivity index (χ0) is 9.10. The van der Waals surface area contributed by atoms with E-state index in [0.29, 0.717) is 11.5 Å². The molecule has 2 aromatic rings. The third-order valence-electron chi connectivity index (χ3n) is 1.62. The molecule has 1 heterocycles. The van der Waals surface area contributed by atoms with Gasteiger partial charge in [-0.2, -0.15) is 0 Å². The summed E-state index contributed by atoms with van der Waals surface area (Å²) in [5.41, 5.74) is 0. The Morgan fingerprint density at radius 1 is 1.00 bits per heavy atom. The van der Waals surface area contributed by atoms with Crippen LogP contribution < -0.4 is 4.74 Å². The minimum Gasteiger partial charge on any atom is -0.456 e. The lowest BCUT2D eigenvalue weighted by Gasteiger charge is -2.01. The van der Waals surface area contributed by atoms with E-state index < -0.39 is 0 Å². The molecule has 66 valence electrons. The van der Waals surface area contributed by atoms with Gasteiger partial charge in [-0.15, -0.1) is 0 Å². The molecule has 3 heteroatoms. The van der Waals surface area contributed by atoms with E-state index in [0.717, 1.165) is 0 Å². The molecular formula is C10H8FNO. The fourth-order valence-electron chi connectivity index (χ4n) is 1.01. The number of halogens is 1. The van der Waals surface area contributed by atoms with Gasteiger partial charge in [0.2, 0.25) is 0 Å². The first-order valence-electron chi connectivity index (χ1n) is 3.91. The van der Waals surface area contributed by atoms with Crippen LogP contribution in [0.1, 0.15) is 0 Å². The molecule has 13 heavy (non-hydrogen) atoms. The first-order valence-corrected chi connectivity index (χ1v) is 3.91. The van der Waals surface area contributed by atoms with E-state index >= 15 is 0 Å². The highest BCUT2D eigenvalue weighted by Crippen LogP contribution is 2.20. The van der Waals surface area contributed by atoms with Gasteiger partial charge in [0, 0.05) is 12.4 Å². The van der Waals surface area contributed by atoms with Crippen LogP contribution in [-0.2, 0) is 0 Å². The number of nitrogens with one attached hydrogen (secondary N) is 1. The molecule has 2 rings (SSSR count). The zero-order valence-electron chi connectivity index (χ0n) is 6.83. The smallest absolute Gasteiger partial charge is 0.144 e. The van der Waals surface area contributed by atoms with Crippen LogP contribution in [0.15, 0.2) is 42.7 Å². The van der Waals surface area contributed by atoms with Crippen LogP contribution in [-0.4, -0.2) is 4.98 Å². The Bertz CT molecular complexity index is 366. The van der Waals surface area contributed by atoms with Crippen molar-refractivity contribution in [2.24, 2.45) is 0 Å². The fourth-order valence-corrected chi connectivity index (χ4v) is 1.01. The Morgan fingerprint density at radius 2 is 1.77 bits per heavy atom. The normalized spacial score (nSPS) is 9.92. The second-order valence-electron chi connectivity index (χ2n) is 2.60. The predicted molar refractivity (Wildman–Crippen MR) is 47.3 cm³/mol. The maximum atomic E-state index is 12.5. The van der Waals surface area contributed by atoms with Gasteiger partial charge in [-0.1, -0.05) is 0 Å². The summed E-state index contributed by atoms with van der Waals surface area (Å²) >= 11 is 0. The van der Waals surface area contributed by atoms with E-state index in [1.165, 1.54) is 12.1 Å². The van der Waals surface area contributed by atoms with Crippen molar-refractivity contribution >= 4 is 0 Å². The second kappa shape index (κ2) is 3.31. The fraction of sp³-hybridized carbons (Fsp3) is 0. The summed E-state index contributed by atoms with van der Waals surface area (Å²) in [7, 11) is 0. The molecule has 2 nitrogen and oxygen atoms in total. The highest BCUT2D eigenvalue weighted by atomic mass is 19.1. The van der Waals surface area contributed by atoms with E-state index in [1.807, 2.05) is 0 Å².